The Morgan fingerprint density at radius 3 is 2.58 bits per heavy atom. The smallest absolute Gasteiger partial charge is 0.422 e. The fraction of sp³-hybridized carbons (Fsp3) is 0.621. The fourth-order valence-corrected chi connectivity index (χ4v) is 7.97. The highest BCUT2D eigenvalue weighted by Gasteiger charge is 2.49. The molecule has 216 valence electrons. The maximum atomic E-state index is 13.4. The van der Waals surface area contributed by atoms with Crippen LogP contribution >= 0.6 is 11.3 Å². The molecule has 2 amide bonds. The SMILES string of the molecule is CN1Cc2c(C(=O)NC34CCC(CCN5CCc6nc(OCC(F)(F)F)sc6CC5)(CC3)CC4)cccc2C1=O. The topological polar surface area (TPSA) is 74.8 Å². The monoisotopic (exact) mass is 576 g/mol. The molecule has 0 spiro atoms. The van der Waals surface area contributed by atoms with Crippen LogP contribution in [0.5, 0.6) is 5.19 Å². The van der Waals surface area contributed by atoms with Crippen molar-refractivity contribution in [1.29, 1.82) is 0 Å². The van der Waals surface area contributed by atoms with Crippen LogP contribution in [-0.4, -0.2) is 71.6 Å². The fourth-order valence-electron chi connectivity index (χ4n) is 7.03. The number of carbonyl (C=O) groups is 2. The van der Waals surface area contributed by atoms with Crippen LogP contribution in [0.15, 0.2) is 18.2 Å². The molecule has 7 rings (SSSR count). The highest BCUT2D eigenvalue weighted by molar-refractivity contribution is 7.13. The van der Waals surface area contributed by atoms with Crippen LogP contribution < -0.4 is 10.1 Å². The third-order valence-corrected chi connectivity index (χ3v) is 10.6. The second kappa shape index (κ2) is 10.3. The van der Waals surface area contributed by atoms with Crippen molar-refractivity contribution in [2.45, 2.75) is 76.0 Å². The predicted molar refractivity (Wildman–Crippen MR) is 145 cm³/mol. The summed E-state index contributed by atoms with van der Waals surface area (Å²) in [6.45, 7) is 1.91. The van der Waals surface area contributed by atoms with E-state index in [1.165, 1.54) is 11.3 Å². The Labute approximate surface area is 236 Å². The van der Waals surface area contributed by atoms with Gasteiger partial charge in [0.15, 0.2) is 6.61 Å². The largest absolute Gasteiger partial charge is 0.460 e. The van der Waals surface area contributed by atoms with Gasteiger partial charge in [-0.3, -0.25) is 9.59 Å². The van der Waals surface area contributed by atoms with Crippen molar-refractivity contribution in [1.82, 2.24) is 20.1 Å². The van der Waals surface area contributed by atoms with Gasteiger partial charge < -0.3 is 19.9 Å². The van der Waals surface area contributed by atoms with Gasteiger partial charge in [-0.25, -0.2) is 4.98 Å². The number of rotatable bonds is 7. The number of ether oxygens (including phenoxy) is 1. The number of fused-ring (bicyclic) bond motifs is 5. The minimum atomic E-state index is -4.36. The van der Waals surface area contributed by atoms with Gasteiger partial charge in [0.1, 0.15) is 0 Å². The molecule has 1 aromatic heterocycles. The Balaban J connectivity index is 1.00. The second-order valence-electron chi connectivity index (χ2n) is 12.1. The molecule has 0 unspecified atom stereocenters. The van der Waals surface area contributed by atoms with Crippen LogP contribution in [0.4, 0.5) is 13.2 Å². The van der Waals surface area contributed by atoms with E-state index in [0.29, 0.717) is 23.1 Å². The van der Waals surface area contributed by atoms with E-state index in [2.05, 4.69) is 15.2 Å². The number of alkyl halides is 3. The summed E-state index contributed by atoms with van der Waals surface area (Å²) in [4.78, 5) is 35.2. The highest BCUT2D eigenvalue weighted by Crippen LogP contribution is 2.54. The van der Waals surface area contributed by atoms with Gasteiger partial charge >= 0.3 is 6.18 Å². The molecule has 0 saturated heterocycles. The van der Waals surface area contributed by atoms with E-state index in [1.807, 2.05) is 6.07 Å². The van der Waals surface area contributed by atoms with Crippen molar-refractivity contribution in [3.63, 3.8) is 0 Å². The van der Waals surface area contributed by atoms with Gasteiger partial charge in [-0.15, -0.1) is 0 Å². The minimum absolute atomic E-state index is 0.0288. The van der Waals surface area contributed by atoms with Crippen LogP contribution in [0.25, 0.3) is 0 Å². The first-order chi connectivity index (χ1) is 19.0. The van der Waals surface area contributed by atoms with E-state index in [0.717, 1.165) is 93.6 Å². The first kappa shape index (κ1) is 27.5. The second-order valence-corrected chi connectivity index (χ2v) is 13.1. The summed E-state index contributed by atoms with van der Waals surface area (Å²) in [5, 5.41) is 3.52. The number of amides is 2. The Hall–Kier alpha value is -2.66. The molecule has 2 bridgehead atoms. The van der Waals surface area contributed by atoms with E-state index < -0.39 is 12.8 Å². The molecular formula is C29H35F3N4O3S. The van der Waals surface area contributed by atoms with Crippen molar-refractivity contribution in [2.75, 3.05) is 33.3 Å². The molecule has 3 heterocycles. The van der Waals surface area contributed by atoms with Crippen LogP contribution in [0, 0.1) is 5.41 Å². The number of benzene rings is 1. The molecule has 1 N–H and O–H groups in total. The maximum Gasteiger partial charge on any atom is 0.422 e. The summed E-state index contributed by atoms with van der Waals surface area (Å²) < 4.78 is 42.3. The van der Waals surface area contributed by atoms with Crippen LogP contribution in [-0.2, 0) is 19.4 Å². The lowest BCUT2D eigenvalue weighted by molar-refractivity contribution is -0.153. The maximum absolute atomic E-state index is 13.4. The summed E-state index contributed by atoms with van der Waals surface area (Å²) in [7, 11) is 1.76. The molecule has 7 nitrogen and oxygen atoms in total. The van der Waals surface area contributed by atoms with E-state index in [4.69, 9.17) is 4.74 Å². The molecular weight excluding hydrogens is 541 g/mol. The lowest BCUT2D eigenvalue weighted by Gasteiger charge is -2.54. The Bertz CT molecular complexity index is 1260. The van der Waals surface area contributed by atoms with E-state index in [1.54, 1.807) is 24.1 Å². The lowest BCUT2D eigenvalue weighted by atomic mass is 9.56. The first-order valence-electron chi connectivity index (χ1n) is 14.1. The number of hydrogen-bond donors (Lipinski definition) is 1. The van der Waals surface area contributed by atoms with Crippen LogP contribution in [0.1, 0.15) is 81.8 Å². The molecule has 2 aliphatic heterocycles. The van der Waals surface area contributed by atoms with Crippen molar-refractivity contribution in [3.8, 4) is 5.19 Å². The number of halogens is 3. The van der Waals surface area contributed by atoms with Crippen molar-refractivity contribution >= 4 is 23.2 Å². The molecule has 3 aliphatic carbocycles. The summed E-state index contributed by atoms with van der Waals surface area (Å²) >= 11 is 1.24. The van der Waals surface area contributed by atoms with Crippen molar-refractivity contribution < 1.29 is 27.5 Å². The standard InChI is InChI=1S/C29H35F3N4O3S/c1-35-17-21-19(3-2-4-20(21)25(35)38)24(37)34-28-10-7-27(8-11-28,9-12-28)13-16-36-14-5-22-23(6-15-36)40-26(33-22)39-18-29(30,31)32/h2-4H,5-18H2,1H3,(H,34,37). The number of hydrogen-bond acceptors (Lipinski definition) is 6. The van der Waals surface area contributed by atoms with Gasteiger partial charge in [-0.05, 0) is 81.0 Å². The summed E-state index contributed by atoms with van der Waals surface area (Å²) in [5.41, 5.74) is 3.10. The molecule has 1 aromatic carbocycles. The van der Waals surface area contributed by atoms with Crippen molar-refractivity contribution in [3.05, 3.63) is 45.5 Å². The Morgan fingerprint density at radius 1 is 1.12 bits per heavy atom. The Kier molecular flexibility index (Phi) is 7.09. The molecule has 2 aromatic rings. The number of nitrogens with one attached hydrogen (secondary N) is 1. The third kappa shape index (κ3) is 5.46. The normalized spacial score (nSPS) is 26.4. The highest BCUT2D eigenvalue weighted by atomic mass is 32.1. The van der Waals surface area contributed by atoms with Gasteiger partial charge in [0.05, 0.1) is 5.69 Å². The molecule has 40 heavy (non-hydrogen) atoms. The lowest BCUT2D eigenvalue weighted by Crippen LogP contribution is -2.57. The molecule has 3 saturated carbocycles. The van der Waals surface area contributed by atoms with Crippen LogP contribution in [0.2, 0.25) is 0 Å². The first-order valence-corrected chi connectivity index (χ1v) is 15.0. The average molecular weight is 577 g/mol. The van der Waals surface area contributed by atoms with Gasteiger partial charge in [-0.2, -0.15) is 13.2 Å². The molecule has 0 atom stereocenters. The van der Waals surface area contributed by atoms with E-state index >= 15 is 0 Å². The van der Waals surface area contributed by atoms with Gasteiger partial charge in [0.2, 0.25) is 0 Å². The number of carbonyl (C=O) groups excluding carboxylic acids is 2. The molecule has 11 heteroatoms. The van der Waals surface area contributed by atoms with Gasteiger partial charge in [0, 0.05) is 54.6 Å². The van der Waals surface area contributed by atoms with E-state index in [9.17, 15) is 22.8 Å². The zero-order valence-corrected chi connectivity index (χ0v) is 23.6. The summed E-state index contributed by atoms with van der Waals surface area (Å²) in [6.07, 6.45) is 4.53. The summed E-state index contributed by atoms with van der Waals surface area (Å²) in [5.74, 6) is -0.0918. The number of aromatic nitrogens is 1. The summed E-state index contributed by atoms with van der Waals surface area (Å²) in [6, 6.07) is 5.43. The predicted octanol–water partition coefficient (Wildman–Crippen LogP) is 4.98. The molecule has 3 fully saturated rings. The molecule has 5 aliphatic rings. The zero-order chi connectivity index (χ0) is 28.1. The van der Waals surface area contributed by atoms with E-state index in [-0.39, 0.29) is 22.5 Å². The van der Waals surface area contributed by atoms with Crippen molar-refractivity contribution in [2.24, 2.45) is 5.41 Å². The van der Waals surface area contributed by atoms with Gasteiger partial charge in [-0.1, -0.05) is 17.4 Å². The van der Waals surface area contributed by atoms with Gasteiger partial charge in [0.25, 0.3) is 17.0 Å². The number of nitrogens with zero attached hydrogens (tertiary/aromatic N) is 3. The average Bonchev–Trinajstić information content (AvgIpc) is 3.40. The third-order valence-electron chi connectivity index (χ3n) is 9.57. The zero-order valence-electron chi connectivity index (χ0n) is 22.7. The molecule has 0 radical (unpaired) electrons. The quantitative estimate of drug-likeness (QED) is 0.503. The minimum Gasteiger partial charge on any atom is -0.460 e. The number of thiazole rings is 1. The Morgan fingerprint density at radius 2 is 1.85 bits per heavy atom. The van der Waals surface area contributed by atoms with Crippen LogP contribution in [0.3, 0.4) is 0 Å².